The number of aryl methyl sites for hydroxylation is 3. The molecule has 3 heterocycles. The fourth-order valence-electron chi connectivity index (χ4n) is 3.32. The van der Waals surface area contributed by atoms with Crippen LogP contribution < -0.4 is 10.6 Å². The molecule has 1 aromatic carbocycles. The first kappa shape index (κ1) is 19.8. The molecule has 0 aliphatic heterocycles. The van der Waals surface area contributed by atoms with Gasteiger partial charge in [-0.3, -0.25) is 4.79 Å². The lowest BCUT2D eigenvalue weighted by Crippen LogP contribution is -2.17. The molecule has 3 aromatic heterocycles. The van der Waals surface area contributed by atoms with E-state index in [1.807, 2.05) is 57.2 Å². The van der Waals surface area contributed by atoms with Gasteiger partial charge in [-0.2, -0.15) is 0 Å². The van der Waals surface area contributed by atoms with Gasteiger partial charge < -0.3 is 15.1 Å². The van der Waals surface area contributed by atoms with Gasteiger partial charge in [-0.05, 0) is 50.6 Å². The fraction of sp³-hybridized carbons (Fsp3) is 0.174. The number of hydrogen-bond acceptors (Lipinski definition) is 6. The number of nitrogens with one attached hydrogen (secondary N) is 2. The van der Waals surface area contributed by atoms with Crippen LogP contribution in [0, 0.1) is 20.8 Å². The average molecular weight is 419 g/mol. The third-order valence-corrected chi connectivity index (χ3v) is 5.54. The highest BCUT2D eigenvalue weighted by atomic mass is 32.1. The van der Waals surface area contributed by atoms with Crippen molar-refractivity contribution in [1.82, 2.24) is 9.97 Å². The molecular formula is C23H22N4O2S. The molecule has 4 rings (SSSR count). The van der Waals surface area contributed by atoms with Gasteiger partial charge >= 0.3 is 0 Å². The van der Waals surface area contributed by atoms with Gasteiger partial charge in [0.25, 0.3) is 5.91 Å². The van der Waals surface area contributed by atoms with E-state index in [9.17, 15) is 4.79 Å². The molecule has 0 aliphatic carbocycles. The van der Waals surface area contributed by atoms with Crippen LogP contribution in [0.15, 0.2) is 65.3 Å². The second-order valence-corrected chi connectivity index (χ2v) is 8.29. The smallest absolute Gasteiger partial charge is 0.291 e. The Morgan fingerprint density at radius 1 is 1.00 bits per heavy atom. The van der Waals surface area contributed by atoms with Gasteiger partial charge in [0.1, 0.15) is 5.00 Å². The standard InChI is InChI=1S/C23H22N4O2S/c1-14-12-15(2)25-23(24-14)26-20(17-8-5-4-6-9-17)18-13-16(3)30-22(18)27-21(28)19-10-7-11-29-19/h4-13,20H,1-3H3,(H,27,28)(H,24,25,26). The van der Waals surface area contributed by atoms with Crippen molar-refractivity contribution in [2.75, 3.05) is 10.6 Å². The summed E-state index contributed by atoms with van der Waals surface area (Å²) in [5.41, 5.74) is 3.78. The summed E-state index contributed by atoms with van der Waals surface area (Å²) in [4.78, 5) is 22.8. The Kier molecular flexibility index (Phi) is 5.63. The Morgan fingerprint density at radius 2 is 1.73 bits per heavy atom. The molecule has 30 heavy (non-hydrogen) atoms. The zero-order chi connectivity index (χ0) is 21.1. The molecule has 1 amide bonds. The van der Waals surface area contributed by atoms with Crippen molar-refractivity contribution in [2.45, 2.75) is 26.8 Å². The van der Waals surface area contributed by atoms with Gasteiger partial charge in [-0.15, -0.1) is 11.3 Å². The molecule has 0 aliphatic rings. The van der Waals surface area contributed by atoms with E-state index in [-0.39, 0.29) is 17.7 Å². The van der Waals surface area contributed by atoms with E-state index < -0.39 is 0 Å². The second-order valence-electron chi connectivity index (χ2n) is 7.04. The van der Waals surface area contributed by atoms with Crippen molar-refractivity contribution >= 4 is 28.2 Å². The van der Waals surface area contributed by atoms with Crippen LogP contribution in [0.3, 0.4) is 0 Å². The van der Waals surface area contributed by atoms with E-state index in [4.69, 9.17) is 4.42 Å². The van der Waals surface area contributed by atoms with Gasteiger partial charge in [0, 0.05) is 21.8 Å². The number of aromatic nitrogens is 2. The number of thiophene rings is 1. The normalized spacial score (nSPS) is 11.8. The number of carbonyl (C=O) groups is 1. The first-order chi connectivity index (χ1) is 14.5. The lowest BCUT2D eigenvalue weighted by molar-refractivity contribution is 0.0997. The highest BCUT2D eigenvalue weighted by molar-refractivity contribution is 7.16. The van der Waals surface area contributed by atoms with E-state index in [0.29, 0.717) is 5.95 Å². The van der Waals surface area contributed by atoms with Gasteiger partial charge in [-0.1, -0.05) is 30.3 Å². The summed E-state index contributed by atoms with van der Waals surface area (Å²) in [5.74, 6) is 0.542. The molecule has 1 atom stereocenters. The van der Waals surface area contributed by atoms with Gasteiger partial charge in [0.2, 0.25) is 5.95 Å². The zero-order valence-electron chi connectivity index (χ0n) is 17.0. The number of amides is 1. The van der Waals surface area contributed by atoms with Crippen LogP contribution in [0.1, 0.15) is 44.0 Å². The van der Waals surface area contributed by atoms with E-state index >= 15 is 0 Å². The van der Waals surface area contributed by atoms with Crippen LogP contribution >= 0.6 is 11.3 Å². The highest BCUT2D eigenvalue weighted by Crippen LogP contribution is 2.37. The maximum atomic E-state index is 12.6. The summed E-state index contributed by atoms with van der Waals surface area (Å²) in [7, 11) is 0. The first-order valence-corrected chi connectivity index (χ1v) is 10.4. The molecule has 6 nitrogen and oxygen atoms in total. The third-order valence-electron chi connectivity index (χ3n) is 4.56. The zero-order valence-corrected chi connectivity index (χ0v) is 17.8. The van der Waals surface area contributed by atoms with Crippen molar-refractivity contribution < 1.29 is 9.21 Å². The molecule has 0 saturated carbocycles. The summed E-state index contributed by atoms with van der Waals surface area (Å²) in [6.45, 7) is 5.91. The number of furan rings is 1. The number of anilines is 2. The van der Waals surface area contributed by atoms with E-state index in [2.05, 4.69) is 26.7 Å². The predicted molar refractivity (Wildman–Crippen MR) is 119 cm³/mol. The molecule has 152 valence electrons. The van der Waals surface area contributed by atoms with Crippen LogP contribution in [0.2, 0.25) is 0 Å². The topological polar surface area (TPSA) is 80.0 Å². The number of benzene rings is 1. The SMILES string of the molecule is Cc1cc(C)nc(NC(c2ccccc2)c2cc(C)sc2NC(=O)c2ccco2)n1. The lowest BCUT2D eigenvalue weighted by Gasteiger charge is -2.20. The maximum Gasteiger partial charge on any atom is 0.291 e. The molecular weight excluding hydrogens is 396 g/mol. The Labute approximate surface area is 179 Å². The van der Waals surface area contributed by atoms with Crippen molar-refractivity contribution in [3.05, 3.63) is 94.0 Å². The summed E-state index contributed by atoms with van der Waals surface area (Å²) in [6.07, 6.45) is 1.49. The van der Waals surface area contributed by atoms with Crippen LogP contribution in [0.25, 0.3) is 0 Å². The lowest BCUT2D eigenvalue weighted by atomic mass is 10.00. The van der Waals surface area contributed by atoms with Crippen molar-refractivity contribution in [1.29, 1.82) is 0 Å². The number of rotatable bonds is 6. The predicted octanol–water partition coefficient (Wildman–Crippen LogP) is 5.51. The van der Waals surface area contributed by atoms with Crippen LogP contribution in [-0.2, 0) is 0 Å². The highest BCUT2D eigenvalue weighted by Gasteiger charge is 2.23. The third kappa shape index (κ3) is 4.41. The van der Waals surface area contributed by atoms with Crippen LogP contribution in [0.5, 0.6) is 0 Å². The molecule has 1 unspecified atom stereocenters. The molecule has 7 heteroatoms. The molecule has 4 aromatic rings. The van der Waals surface area contributed by atoms with E-state index in [1.165, 1.54) is 17.6 Å². The van der Waals surface area contributed by atoms with Crippen molar-refractivity contribution in [3.8, 4) is 0 Å². The monoisotopic (exact) mass is 418 g/mol. The summed E-state index contributed by atoms with van der Waals surface area (Å²) in [6, 6.07) is 17.2. The van der Waals surface area contributed by atoms with Crippen LogP contribution in [-0.4, -0.2) is 15.9 Å². The number of carbonyl (C=O) groups excluding carboxylic acids is 1. The first-order valence-electron chi connectivity index (χ1n) is 9.58. The maximum absolute atomic E-state index is 12.6. The van der Waals surface area contributed by atoms with E-state index in [0.717, 1.165) is 32.4 Å². The minimum absolute atomic E-state index is 0.232. The van der Waals surface area contributed by atoms with Gasteiger partial charge in [-0.25, -0.2) is 9.97 Å². The van der Waals surface area contributed by atoms with Gasteiger partial charge in [0.15, 0.2) is 5.76 Å². The van der Waals surface area contributed by atoms with Crippen LogP contribution in [0.4, 0.5) is 10.9 Å². The molecule has 0 fully saturated rings. The quantitative estimate of drug-likeness (QED) is 0.432. The molecule has 0 bridgehead atoms. The molecule has 0 saturated heterocycles. The second kappa shape index (κ2) is 8.51. The van der Waals surface area contributed by atoms with E-state index in [1.54, 1.807) is 12.1 Å². The molecule has 2 N–H and O–H groups in total. The van der Waals surface area contributed by atoms with Crippen molar-refractivity contribution in [2.24, 2.45) is 0 Å². The summed E-state index contributed by atoms with van der Waals surface area (Å²) < 4.78 is 5.24. The minimum Gasteiger partial charge on any atom is -0.459 e. The van der Waals surface area contributed by atoms with Gasteiger partial charge in [0.05, 0.1) is 12.3 Å². The number of nitrogens with zero attached hydrogens (tertiary/aromatic N) is 2. The minimum atomic E-state index is -0.280. The summed E-state index contributed by atoms with van der Waals surface area (Å²) in [5, 5.41) is 7.23. The molecule has 0 radical (unpaired) electrons. The largest absolute Gasteiger partial charge is 0.459 e. The molecule has 0 spiro atoms. The summed E-state index contributed by atoms with van der Waals surface area (Å²) >= 11 is 1.53. The Hall–Kier alpha value is -3.45. The Bertz CT molecular complexity index is 1130. The number of hydrogen-bond donors (Lipinski definition) is 2. The fourth-order valence-corrected chi connectivity index (χ4v) is 4.27. The average Bonchev–Trinajstić information content (AvgIpc) is 3.36. The van der Waals surface area contributed by atoms with Crippen molar-refractivity contribution in [3.63, 3.8) is 0 Å². The Morgan fingerprint density at radius 3 is 2.40 bits per heavy atom. The Balaban J connectivity index is 1.73.